The molecule has 3 heteroatoms. The Morgan fingerprint density at radius 2 is 1.73 bits per heavy atom. The first-order chi connectivity index (χ1) is 10.4. The number of fused-ring (bicyclic) bond motifs is 5. The van der Waals surface area contributed by atoms with E-state index in [1.807, 2.05) is 6.08 Å². The van der Waals surface area contributed by atoms with E-state index in [0.717, 1.165) is 32.1 Å². The van der Waals surface area contributed by atoms with E-state index < -0.39 is 0 Å². The van der Waals surface area contributed by atoms with Crippen LogP contribution >= 0.6 is 0 Å². The quantitative estimate of drug-likeness (QED) is 0.748. The molecule has 22 heavy (non-hydrogen) atoms. The van der Waals surface area contributed by atoms with Crippen LogP contribution in [0.2, 0.25) is 0 Å². The number of carbonyl (C=O) groups excluding carboxylic acids is 2. The minimum Gasteiger partial charge on any atom is -0.393 e. The molecule has 120 valence electrons. The van der Waals surface area contributed by atoms with E-state index in [1.165, 1.54) is 5.57 Å². The van der Waals surface area contributed by atoms with E-state index in [2.05, 4.69) is 13.8 Å². The van der Waals surface area contributed by atoms with Crippen molar-refractivity contribution in [3.05, 3.63) is 11.6 Å². The number of allylic oxidation sites excluding steroid dienone is 1. The van der Waals surface area contributed by atoms with E-state index in [1.54, 1.807) is 0 Å². The van der Waals surface area contributed by atoms with Crippen molar-refractivity contribution in [3.63, 3.8) is 0 Å². The molecule has 3 saturated carbocycles. The fourth-order valence-corrected chi connectivity index (χ4v) is 6.16. The van der Waals surface area contributed by atoms with Gasteiger partial charge in [-0.1, -0.05) is 19.4 Å². The molecule has 3 nitrogen and oxygen atoms in total. The zero-order chi connectivity index (χ0) is 15.7. The van der Waals surface area contributed by atoms with Gasteiger partial charge in [-0.3, -0.25) is 9.59 Å². The summed E-state index contributed by atoms with van der Waals surface area (Å²) in [4.78, 5) is 25.2. The van der Waals surface area contributed by atoms with Crippen LogP contribution in [0.5, 0.6) is 0 Å². The lowest BCUT2D eigenvalue weighted by Gasteiger charge is -2.55. The zero-order valence-corrected chi connectivity index (χ0v) is 13.6. The molecule has 1 N–H and O–H groups in total. The van der Waals surface area contributed by atoms with Crippen molar-refractivity contribution in [1.82, 2.24) is 0 Å². The van der Waals surface area contributed by atoms with Crippen LogP contribution in [-0.2, 0) is 9.59 Å². The Kier molecular flexibility index (Phi) is 3.01. The summed E-state index contributed by atoms with van der Waals surface area (Å²) in [5, 5.41) is 9.97. The van der Waals surface area contributed by atoms with Gasteiger partial charge in [0.05, 0.1) is 6.10 Å². The maximum atomic E-state index is 12.9. The summed E-state index contributed by atoms with van der Waals surface area (Å²) in [5.41, 5.74) is 0.975. The monoisotopic (exact) mass is 302 g/mol. The summed E-state index contributed by atoms with van der Waals surface area (Å²) in [5.74, 6) is 1.26. The number of carbonyl (C=O) groups is 2. The second-order valence-electron chi connectivity index (χ2n) is 8.54. The molecule has 0 saturated heterocycles. The topological polar surface area (TPSA) is 54.4 Å². The van der Waals surface area contributed by atoms with Gasteiger partial charge in [-0.25, -0.2) is 0 Å². The van der Waals surface area contributed by atoms with Crippen LogP contribution < -0.4 is 0 Å². The van der Waals surface area contributed by atoms with Crippen molar-refractivity contribution >= 4 is 11.6 Å². The minimum absolute atomic E-state index is 0.0363. The summed E-state index contributed by atoms with van der Waals surface area (Å²) in [6.45, 7) is 4.40. The number of hydrogen-bond acceptors (Lipinski definition) is 3. The first-order valence-corrected chi connectivity index (χ1v) is 8.82. The molecule has 3 fully saturated rings. The van der Waals surface area contributed by atoms with Crippen molar-refractivity contribution in [2.75, 3.05) is 0 Å². The number of hydrogen-bond donors (Lipinski definition) is 1. The van der Waals surface area contributed by atoms with Crippen LogP contribution in [0, 0.1) is 28.6 Å². The fourth-order valence-electron chi connectivity index (χ4n) is 6.16. The summed E-state index contributed by atoms with van der Waals surface area (Å²) < 4.78 is 0. The smallest absolute Gasteiger partial charge is 0.159 e. The van der Waals surface area contributed by atoms with Gasteiger partial charge in [0.25, 0.3) is 0 Å². The first-order valence-electron chi connectivity index (χ1n) is 8.82. The summed E-state index contributed by atoms with van der Waals surface area (Å²) in [6, 6.07) is 0. The number of Topliss-reactive ketones (excluding diaryl/α,β-unsaturated/α-hetero) is 1. The van der Waals surface area contributed by atoms with Crippen LogP contribution in [-0.4, -0.2) is 22.8 Å². The Labute approximate surface area is 132 Å². The van der Waals surface area contributed by atoms with E-state index in [-0.39, 0.29) is 34.6 Å². The van der Waals surface area contributed by atoms with E-state index in [0.29, 0.717) is 24.5 Å². The van der Waals surface area contributed by atoms with Gasteiger partial charge in [0.2, 0.25) is 0 Å². The third-order valence-electron chi connectivity index (χ3n) is 7.63. The molecule has 4 aliphatic carbocycles. The Balaban J connectivity index is 1.76. The predicted molar refractivity (Wildman–Crippen MR) is 83.1 cm³/mol. The minimum atomic E-state index is -0.286. The maximum absolute atomic E-state index is 12.9. The first kappa shape index (κ1) is 14.6. The molecule has 4 aliphatic rings. The van der Waals surface area contributed by atoms with Gasteiger partial charge in [-0.2, -0.15) is 0 Å². The lowest BCUT2D eigenvalue weighted by Crippen LogP contribution is -2.53. The van der Waals surface area contributed by atoms with E-state index in [4.69, 9.17) is 0 Å². The van der Waals surface area contributed by atoms with Crippen molar-refractivity contribution in [2.24, 2.45) is 28.6 Å². The molecule has 0 bridgehead atoms. The maximum Gasteiger partial charge on any atom is 0.159 e. The highest BCUT2D eigenvalue weighted by Gasteiger charge is 2.60. The Hall–Kier alpha value is -0.960. The lowest BCUT2D eigenvalue weighted by atomic mass is 9.48. The number of aliphatic hydroxyl groups is 1. The van der Waals surface area contributed by atoms with Crippen LogP contribution in [0.15, 0.2) is 11.6 Å². The molecule has 0 spiro atoms. The molecule has 0 aliphatic heterocycles. The van der Waals surface area contributed by atoms with Gasteiger partial charge in [0.15, 0.2) is 5.78 Å². The second kappa shape index (κ2) is 4.53. The zero-order valence-electron chi connectivity index (χ0n) is 13.6. The number of ketones is 2. The van der Waals surface area contributed by atoms with E-state index >= 15 is 0 Å². The summed E-state index contributed by atoms with van der Waals surface area (Å²) in [7, 11) is 0. The lowest BCUT2D eigenvalue weighted by molar-refractivity contribution is -0.139. The molecule has 0 heterocycles. The molecule has 0 aromatic heterocycles. The molecule has 6 atom stereocenters. The van der Waals surface area contributed by atoms with Crippen LogP contribution in [0.4, 0.5) is 0 Å². The van der Waals surface area contributed by atoms with Gasteiger partial charge in [0.1, 0.15) is 5.78 Å². The third-order valence-corrected chi connectivity index (χ3v) is 7.63. The van der Waals surface area contributed by atoms with Crippen molar-refractivity contribution < 1.29 is 14.7 Å². The highest BCUT2D eigenvalue weighted by atomic mass is 16.3. The predicted octanol–water partition coefficient (Wildman–Crippen LogP) is 3.06. The van der Waals surface area contributed by atoms with E-state index in [9.17, 15) is 14.7 Å². The van der Waals surface area contributed by atoms with Crippen molar-refractivity contribution in [2.45, 2.75) is 64.9 Å². The molecule has 1 unspecified atom stereocenters. The molecule has 0 radical (unpaired) electrons. The molecule has 4 rings (SSSR count). The largest absolute Gasteiger partial charge is 0.393 e. The number of aliphatic hydroxyl groups excluding tert-OH is 1. The SMILES string of the molecule is C[C@]12CC[C@H](O)CC1=CC(=O)[C@@H]1C2CC[C@]2(C)C(=O)CC[C@@H]12. The van der Waals surface area contributed by atoms with Gasteiger partial charge in [0, 0.05) is 17.8 Å². The average Bonchev–Trinajstić information content (AvgIpc) is 2.77. The van der Waals surface area contributed by atoms with Crippen LogP contribution in [0.25, 0.3) is 0 Å². The standard InChI is InChI=1S/C19H26O3/c1-18-7-5-12(20)9-11(18)10-15(21)17-13-3-4-16(22)19(13,2)8-6-14(17)18/h10,12-14,17,20H,3-9H2,1-2H3/t12-,13-,14?,17-,18-,19-/m0/s1. The van der Waals surface area contributed by atoms with Crippen LogP contribution in [0.1, 0.15) is 58.8 Å². The molecular weight excluding hydrogens is 276 g/mol. The highest BCUT2D eigenvalue weighted by molar-refractivity contribution is 5.96. The Bertz CT molecular complexity index is 577. The number of rotatable bonds is 0. The van der Waals surface area contributed by atoms with Crippen LogP contribution in [0.3, 0.4) is 0 Å². The fraction of sp³-hybridized carbons (Fsp3) is 0.789. The molecule has 0 aromatic rings. The van der Waals surface area contributed by atoms with Crippen molar-refractivity contribution in [1.29, 1.82) is 0 Å². The molecule has 0 aromatic carbocycles. The molecule has 0 amide bonds. The highest BCUT2D eigenvalue weighted by Crippen LogP contribution is 2.63. The van der Waals surface area contributed by atoms with Crippen molar-refractivity contribution in [3.8, 4) is 0 Å². The normalized spacial score (nSPS) is 51.0. The summed E-state index contributed by atoms with van der Waals surface area (Å²) in [6.07, 6.45) is 7.51. The average molecular weight is 302 g/mol. The third kappa shape index (κ3) is 1.72. The second-order valence-corrected chi connectivity index (χ2v) is 8.54. The Morgan fingerprint density at radius 1 is 1.05 bits per heavy atom. The summed E-state index contributed by atoms with van der Waals surface area (Å²) >= 11 is 0. The Morgan fingerprint density at radius 3 is 2.50 bits per heavy atom. The molecular formula is C19H26O3. The van der Waals surface area contributed by atoms with Gasteiger partial charge < -0.3 is 5.11 Å². The van der Waals surface area contributed by atoms with Gasteiger partial charge in [-0.05, 0) is 61.9 Å². The van der Waals surface area contributed by atoms with Gasteiger partial charge >= 0.3 is 0 Å². The van der Waals surface area contributed by atoms with Gasteiger partial charge in [-0.15, -0.1) is 0 Å².